The molecule has 0 atom stereocenters. The minimum Gasteiger partial charge on any atom is -0.482 e. The van der Waals surface area contributed by atoms with Crippen LogP contribution in [-0.2, 0) is 0 Å². The molecule has 0 heterocycles. The molecule has 24 heavy (non-hydrogen) atoms. The molecule has 1 amide bonds. The van der Waals surface area contributed by atoms with E-state index in [9.17, 15) is 18.0 Å². The third-order valence-corrected chi connectivity index (χ3v) is 3.94. The summed E-state index contributed by atoms with van der Waals surface area (Å²) in [6, 6.07) is 11.5. The average Bonchev–Trinajstić information content (AvgIpc) is 2.53. The third-order valence-electron chi connectivity index (χ3n) is 3.22. The lowest BCUT2D eigenvalue weighted by Gasteiger charge is -2.14. The first-order chi connectivity index (χ1) is 11.3. The van der Waals surface area contributed by atoms with Crippen LogP contribution in [0.4, 0.5) is 18.9 Å². The maximum atomic E-state index is 12.5. The molecule has 0 bridgehead atoms. The van der Waals surface area contributed by atoms with Crippen molar-refractivity contribution in [2.45, 2.75) is 18.0 Å². The summed E-state index contributed by atoms with van der Waals surface area (Å²) in [6.45, 7) is 0.381. The first-order valence-corrected chi connectivity index (χ1v) is 8.27. The van der Waals surface area contributed by atoms with E-state index in [0.29, 0.717) is 5.56 Å². The largest absolute Gasteiger partial charge is 0.482 e. The lowest BCUT2D eigenvalue weighted by molar-refractivity contribution is -0.153. The monoisotopic (exact) mass is 355 g/mol. The summed E-state index contributed by atoms with van der Waals surface area (Å²) < 4.78 is 41.7. The van der Waals surface area contributed by atoms with Crippen LogP contribution in [0.5, 0.6) is 5.75 Å². The van der Waals surface area contributed by atoms with Gasteiger partial charge < -0.3 is 10.1 Å². The lowest BCUT2D eigenvalue weighted by atomic mass is 10.1. The number of thioether (sulfide) groups is 1. The van der Waals surface area contributed by atoms with E-state index >= 15 is 0 Å². The van der Waals surface area contributed by atoms with E-state index < -0.39 is 18.7 Å². The number of halogens is 3. The van der Waals surface area contributed by atoms with Gasteiger partial charge in [0.05, 0.1) is 5.69 Å². The van der Waals surface area contributed by atoms with Gasteiger partial charge in [-0.1, -0.05) is 18.2 Å². The molecule has 0 aliphatic carbocycles. The van der Waals surface area contributed by atoms with Crippen LogP contribution in [0, 0.1) is 6.92 Å². The Morgan fingerprint density at radius 1 is 1.21 bits per heavy atom. The van der Waals surface area contributed by atoms with Gasteiger partial charge in [-0.25, -0.2) is 0 Å². The molecular weight excluding hydrogens is 339 g/mol. The Kier molecular flexibility index (Phi) is 5.77. The van der Waals surface area contributed by atoms with Crippen LogP contribution in [0.15, 0.2) is 47.4 Å². The zero-order chi connectivity index (χ0) is 17.7. The second kappa shape index (κ2) is 7.61. The summed E-state index contributed by atoms with van der Waals surface area (Å²) in [5, 5.41) is 2.61. The van der Waals surface area contributed by atoms with Gasteiger partial charge in [0, 0.05) is 10.5 Å². The number of hydrogen-bond acceptors (Lipinski definition) is 3. The van der Waals surface area contributed by atoms with Crippen LogP contribution in [0.3, 0.4) is 0 Å². The summed E-state index contributed by atoms with van der Waals surface area (Å²) >= 11 is 1.50. The highest BCUT2D eigenvalue weighted by Gasteiger charge is 2.29. The molecule has 2 aromatic rings. The second-order valence-corrected chi connectivity index (χ2v) is 5.91. The maximum Gasteiger partial charge on any atom is 0.422 e. The standard InChI is InChI=1S/C17H16F3NO2S/c1-11-7-8-12(24-2)9-13(11)16(22)21-14-5-3-4-6-15(14)23-10-17(18,19)20/h3-9H,10H2,1-2H3,(H,21,22). The van der Waals surface area contributed by atoms with Crippen molar-refractivity contribution in [3.05, 3.63) is 53.6 Å². The Balaban J connectivity index is 2.20. The van der Waals surface area contributed by atoms with Gasteiger partial charge in [0.1, 0.15) is 5.75 Å². The third kappa shape index (κ3) is 4.92. The van der Waals surface area contributed by atoms with Gasteiger partial charge in [-0.05, 0) is 43.0 Å². The van der Waals surface area contributed by atoms with Crippen LogP contribution in [0.25, 0.3) is 0 Å². The number of nitrogens with one attached hydrogen (secondary N) is 1. The van der Waals surface area contributed by atoms with Gasteiger partial charge in [-0.3, -0.25) is 4.79 Å². The number of aryl methyl sites for hydroxylation is 1. The van der Waals surface area contributed by atoms with Crippen LogP contribution < -0.4 is 10.1 Å². The molecule has 0 saturated heterocycles. The van der Waals surface area contributed by atoms with Crippen molar-refractivity contribution in [2.75, 3.05) is 18.2 Å². The number of carbonyl (C=O) groups is 1. The fraction of sp³-hybridized carbons (Fsp3) is 0.235. The predicted molar refractivity (Wildman–Crippen MR) is 88.9 cm³/mol. The minimum absolute atomic E-state index is 0.0261. The fourth-order valence-corrected chi connectivity index (χ4v) is 2.46. The number of anilines is 1. The second-order valence-electron chi connectivity index (χ2n) is 5.03. The quantitative estimate of drug-likeness (QED) is 0.775. The maximum absolute atomic E-state index is 12.5. The van der Waals surface area contributed by atoms with Crippen LogP contribution in [0.1, 0.15) is 15.9 Å². The normalized spacial score (nSPS) is 11.2. The molecule has 0 aliphatic rings. The highest BCUT2D eigenvalue weighted by Crippen LogP contribution is 2.27. The Bertz CT molecular complexity index is 732. The number of amides is 1. The molecular formula is C17H16F3NO2S. The molecule has 0 aromatic heterocycles. The smallest absolute Gasteiger partial charge is 0.422 e. The topological polar surface area (TPSA) is 38.3 Å². The summed E-state index contributed by atoms with van der Waals surface area (Å²) in [5.41, 5.74) is 1.44. The highest BCUT2D eigenvalue weighted by molar-refractivity contribution is 7.98. The van der Waals surface area contributed by atoms with Gasteiger partial charge in [-0.15, -0.1) is 11.8 Å². The van der Waals surface area contributed by atoms with Crippen LogP contribution >= 0.6 is 11.8 Å². The van der Waals surface area contributed by atoms with E-state index in [1.54, 1.807) is 25.1 Å². The molecule has 0 saturated carbocycles. The first-order valence-electron chi connectivity index (χ1n) is 7.05. The zero-order valence-corrected chi connectivity index (χ0v) is 13.9. The van der Waals surface area contributed by atoms with E-state index in [0.717, 1.165) is 10.5 Å². The Morgan fingerprint density at radius 3 is 2.58 bits per heavy atom. The van der Waals surface area contributed by atoms with Crippen molar-refractivity contribution >= 4 is 23.4 Å². The van der Waals surface area contributed by atoms with E-state index in [-0.39, 0.29) is 11.4 Å². The van der Waals surface area contributed by atoms with Crippen molar-refractivity contribution in [2.24, 2.45) is 0 Å². The Labute approximate surface area is 142 Å². The Morgan fingerprint density at radius 2 is 1.92 bits per heavy atom. The van der Waals surface area contributed by atoms with E-state index in [1.807, 2.05) is 18.4 Å². The number of benzene rings is 2. The SMILES string of the molecule is CSc1ccc(C)c(C(=O)Nc2ccccc2OCC(F)(F)F)c1. The van der Waals surface area contributed by atoms with Crippen molar-refractivity contribution < 1.29 is 22.7 Å². The number of para-hydroxylation sites is 2. The molecule has 3 nitrogen and oxygen atoms in total. The summed E-state index contributed by atoms with van der Waals surface area (Å²) in [4.78, 5) is 13.4. The molecule has 0 aliphatic heterocycles. The summed E-state index contributed by atoms with van der Waals surface area (Å²) in [6.07, 6.45) is -2.55. The van der Waals surface area contributed by atoms with Crippen LogP contribution in [-0.4, -0.2) is 24.9 Å². The van der Waals surface area contributed by atoms with E-state index in [1.165, 1.54) is 23.9 Å². The minimum atomic E-state index is -4.44. The van der Waals surface area contributed by atoms with Gasteiger partial charge in [0.2, 0.25) is 0 Å². The van der Waals surface area contributed by atoms with Gasteiger partial charge in [0.15, 0.2) is 6.61 Å². The van der Waals surface area contributed by atoms with Gasteiger partial charge >= 0.3 is 6.18 Å². The highest BCUT2D eigenvalue weighted by atomic mass is 32.2. The number of rotatable bonds is 5. The molecule has 0 unspecified atom stereocenters. The van der Waals surface area contributed by atoms with Crippen molar-refractivity contribution in [3.8, 4) is 5.75 Å². The molecule has 1 N–H and O–H groups in total. The molecule has 0 spiro atoms. The van der Waals surface area contributed by atoms with Gasteiger partial charge in [0.25, 0.3) is 5.91 Å². The number of carbonyl (C=O) groups excluding carboxylic acids is 1. The predicted octanol–water partition coefficient (Wildman–Crippen LogP) is 4.91. The fourth-order valence-electron chi connectivity index (χ4n) is 2.02. The summed E-state index contributed by atoms with van der Waals surface area (Å²) in [5.74, 6) is -0.423. The van der Waals surface area contributed by atoms with Crippen molar-refractivity contribution in [3.63, 3.8) is 0 Å². The molecule has 0 radical (unpaired) electrons. The molecule has 2 rings (SSSR count). The van der Waals surface area contributed by atoms with Crippen molar-refractivity contribution in [1.82, 2.24) is 0 Å². The molecule has 7 heteroatoms. The number of ether oxygens (including phenoxy) is 1. The zero-order valence-electron chi connectivity index (χ0n) is 13.1. The number of alkyl halides is 3. The molecule has 128 valence electrons. The van der Waals surface area contributed by atoms with E-state index in [2.05, 4.69) is 5.32 Å². The van der Waals surface area contributed by atoms with Crippen molar-refractivity contribution in [1.29, 1.82) is 0 Å². The molecule has 0 fully saturated rings. The first kappa shape index (κ1) is 18.2. The summed E-state index contributed by atoms with van der Waals surface area (Å²) in [7, 11) is 0. The van der Waals surface area contributed by atoms with E-state index in [4.69, 9.17) is 4.74 Å². The average molecular weight is 355 g/mol. The molecule has 2 aromatic carbocycles. The lowest BCUT2D eigenvalue weighted by Crippen LogP contribution is -2.20. The van der Waals surface area contributed by atoms with Gasteiger partial charge in [-0.2, -0.15) is 13.2 Å². The Hall–Kier alpha value is -2.15. The number of hydrogen-bond donors (Lipinski definition) is 1. The van der Waals surface area contributed by atoms with Crippen LogP contribution in [0.2, 0.25) is 0 Å².